The minimum atomic E-state index is -0.959. The van der Waals surface area contributed by atoms with Crippen LogP contribution in [0.25, 0.3) is 11.1 Å². The molecule has 0 saturated heterocycles. The minimum Gasteiger partial charge on any atom is -0.496 e. The van der Waals surface area contributed by atoms with Crippen molar-refractivity contribution in [2.75, 3.05) is 7.11 Å². The summed E-state index contributed by atoms with van der Waals surface area (Å²) in [6, 6.07) is 16.9. The molecule has 0 heterocycles. The second-order valence-corrected chi connectivity index (χ2v) is 8.48. The van der Waals surface area contributed by atoms with Gasteiger partial charge in [-0.3, -0.25) is 0 Å². The Bertz CT molecular complexity index is 1070. The Kier molecular flexibility index (Phi) is 6.01. The first-order chi connectivity index (χ1) is 14.9. The van der Waals surface area contributed by atoms with Crippen molar-refractivity contribution >= 4 is 0 Å². The second-order valence-electron chi connectivity index (χ2n) is 8.48. The molecule has 0 atom stereocenters. The zero-order valence-electron chi connectivity index (χ0n) is 18.4. The van der Waals surface area contributed by atoms with Gasteiger partial charge in [0.25, 0.3) is 0 Å². The fourth-order valence-corrected chi connectivity index (χ4v) is 4.51. The number of ether oxygens (including phenoxy) is 2. The lowest BCUT2D eigenvalue weighted by Gasteiger charge is -2.27. The van der Waals surface area contributed by atoms with Gasteiger partial charge in [0.15, 0.2) is 0 Å². The molecule has 1 aliphatic carbocycles. The summed E-state index contributed by atoms with van der Waals surface area (Å²) < 4.78 is 26.8. The minimum absolute atomic E-state index is 0.360. The van der Waals surface area contributed by atoms with Crippen LogP contribution < -0.4 is 9.47 Å². The van der Waals surface area contributed by atoms with Crippen molar-refractivity contribution in [1.29, 1.82) is 0 Å². The van der Waals surface area contributed by atoms with Crippen LogP contribution in [0.4, 0.5) is 4.39 Å². The molecule has 1 fully saturated rings. The summed E-state index contributed by atoms with van der Waals surface area (Å²) in [6.45, 7) is 4.24. The van der Waals surface area contributed by atoms with Crippen LogP contribution in [0.15, 0.2) is 54.6 Å². The summed E-state index contributed by atoms with van der Waals surface area (Å²) in [5.74, 6) is 0.872. The predicted molar refractivity (Wildman–Crippen MR) is 121 cm³/mol. The number of hydrogen-bond donors (Lipinski definition) is 1. The highest BCUT2D eigenvalue weighted by Crippen LogP contribution is 2.46. The quantitative estimate of drug-likeness (QED) is 0.497. The number of halogens is 1. The molecule has 3 nitrogen and oxygen atoms in total. The molecule has 0 amide bonds. The first-order valence-corrected chi connectivity index (χ1v) is 10.8. The van der Waals surface area contributed by atoms with Crippen LogP contribution in [-0.4, -0.2) is 12.2 Å². The van der Waals surface area contributed by atoms with Gasteiger partial charge in [0, 0.05) is 11.6 Å². The Balaban J connectivity index is 1.74. The van der Waals surface area contributed by atoms with E-state index in [-0.39, 0.29) is 5.82 Å². The molecule has 1 N–H and O–H groups in total. The van der Waals surface area contributed by atoms with Crippen molar-refractivity contribution in [1.82, 2.24) is 0 Å². The van der Waals surface area contributed by atoms with E-state index < -0.39 is 5.60 Å². The monoisotopic (exact) mass is 420 g/mol. The van der Waals surface area contributed by atoms with Crippen LogP contribution >= 0.6 is 0 Å². The van der Waals surface area contributed by atoms with Crippen LogP contribution in [0.5, 0.6) is 11.5 Å². The summed E-state index contributed by atoms with van der Waals surface area (Å²) in [6.07, 6.45) is 3.26. The molecule has 0 spiro atoms. The summed E-state index contributed by atoms with van der Waals surface area (Å²) in [7, 11) is 1.62. The molecular weight excluding hydrogens is 391 g/mol. The average molecular weight is 421 g/mol. The van der Waals surface area contributed by atoms with Crippen molar-refractivity contribution in [3.63, 3.8) is 0 Å². The molecule has 4 heteroatoms. The lowest BCUT2D eigenvalue weighted by Crippen LogP contribution is -2.22. The third kappa shape index (κ3) is 4.31. The first-order valence-electron chi connectivity index (χ1n) is 10.8. The summed E-state index contributed by atoms with van der Waals surface area (Å²) in [4.78, 5) is 0. The molecule has 0 bridgehead atoms. The lowest BCUT2D eigenvalue weighted by atomic mass is 9.84. The van der Waals surface area contributed by atoms with Gasteiger partial charge in [0.2, 0.25) is 0 Å². The molecule has 31 heavy (non-hydrogen) atoms. The molecule has 4 rings (SSSR count). The smallest absolute Gasteiger partial charge is 0.134 e. The Morgan fingerprint density at radius 3 is 2.23 bits per heavy atom. The van der Waals surface area contributed by atoms with E-state index >= 15 is 4.39 Å². The van der Waals surface area contributed by atoms with Gasteiger partial charge in [-0.1, -0.05) is 43.2 Å². The zero-order valence-corrected chi connectivity index (χ0v) is 18.4. The van der Waals surface area contributed by atoms with Crippen LogP contribution in [0.1, 0.15) is 47.9 Å². The third-order valence-corrected chi connectivity index (χ3v) is 6.26. The van der Waals surface area contributed by atoms with Crippen molar-refractivity contribution in [2.45, 2.75) is 51.7 Å². The topological polar surface area (TPSA) is 38.7 Å². The number of benzene rings is 3. The van der Waals surface area contributed by atoms with Gasteiger partial charge in [-0.15, -0.1) is 0 Å². The van der Waals surface area contributed by atoms with Crippen molar-refractivity contribution < 1.29 is 19.0 Å². The van der Waals surface area contributed by atoms with E-state index in [0.29, 0.717) is 36.5 Å². The highest BCUT2D eigenvalue weighted by atomic mass is 19.1. The van der Waals surface area contributed by atoms with Gasteiger partial charge in [-0.2, -0.15) is 0 Å². The van der Waals surface area contributed by atoms with E-state index in [9.17, 15) is 5.11 Å². The highest BCUT2D eigenvalue weighted by Gasteiger charge is 2.36. The van der Waals surface area contributed by atoms with Gasteiger partial charge in [-0.25, -0.2) is 4.39 Å². The molecule has 0 unspecified atom stereocenters. The SMILES string of the molecule is COc1cc(C2(O)CCCC2)c(-c2cc(C)c(OCc3ccccc3)cc2F)cc1C. The predicted octanol–water partition coefficient (Wildman–Crippen LogP) is 6.46. The second kappa shape index (κ2) is 8.72. The van der Waals surface area contributed by atoms with E-state index in [1.807, 2.05) is 62.4 Å². The average Bonchev–Trinajstić information content (AvgIpc) is 3.22. The Hall–Kier alpha value is -2.85. The Labute approximate surface area is 183 Å². The van der Waals surface area contributed by atoms with Crippen molar-refractivity contribution in [3.8, 4) is 22.6 Å². The summed E-state index contributed by atoms with van der Waals surface area (Å²) >= 11 is 0. The normalized spacial score (nSPS) is 15.1. The number of hydrogen-bond acceptors (Lipinski definition) is 3. The maximum atomic E-state index is 15.4. The number of rotatable bonds is 6. The third-order valence-electron chi connectivity index (χ3n) is 6.26. The molecule has 1 saturated carbocycles. The number of aliphatic hydroxyl groups is 1. The van der Waals surface area contributed by atoms with Crippen molar-refractivity contribution in [2.24, 2.45) is 0 Å². The molecule has 3 aromatic carbocycles. The maximum Gasteiger partial charge on any atom is 0.134 e. The van der Waals surface area contributed by atoms with Crippen molar-refractivity contribution in [3.05, 3.63) is 82.7 Å². The van der Waals surface area contributed by atoms with Gasteiger partial charge >= 0.3 is 0 Å². The standard InChI is InChI=1S/C27H29FO3/c1-18-13-21(23(15-25(18)30-3)27(29)11-7-8-12-27)22-14-19(2)26(16-24(22)28)31-17-20-9-5-4-6-10-20/h4-6,9-10,13-16,29H,7-8,11-12,17H2,1-3H3. The highest BCUT2D eigenvalue weighted by molar-refractivity contribution is 5.73. The summed E-state index contributed by atoms with van der Waals surface area (Å²) in [5.41, 5.74) is 3.77. The molecule has 0 aromatic heterocycles. The fourth-order valence-electron chi connectivity index (χ4n) is 4.51. The fraction of sp³-hybridized carbons (Fsp3) is 0.333. The van der Waals surface area contributed by atoms with Crippen LogP contribution in [0, 0.1) is 19.7 Å². The van der Waals surface area contributed by atoms with Crippen LogP contribution in [0.2, 0.25) is 0 Å². The lowest BCUT2D eigenvalue weighted by molar-refractivity contribution is 0.0448. The zero-order chi connectivity index (χ0) is 22.0. The van der Waals surface area contributed by atoms with E-state index in [0.717, 1.165) is 40.7 Å². The molecule has 1 aliphatic rings. The first kappa shape index (κ1) is 21.4. The number of methoxy groups -OCH3 is 1. The van der Waals surface area contributed by atoms with Gasteiger partial charge < -0.3 is 14.6 Å². The number of aryl methyl sites for hydroxylation is 2. The molecular formula is C27H29FO3. The summed E-state index contributed by atoms with van der Waals surface area (Å²) in [5, 5.41) is 11.3. The van der Waals surface area contributed by atoms with Gasteiger partial charge in [0.1, 0.15) is 23.9 Å². The van der Waals surface area contributed by atoms with Gasteiger partial charge in [-0.05, 0) is 72.7 Å². The largest absolute Gasteiger partial charge is 0.496 e. The van der Waals surface area contributed by atoms with E-state index in [2.05, 4.69) is 0 Å². The van der Waals surface area contributed by atoms with E-state index in [1.165, 1.54) is 6.07 Å². The maximum absolute atomic E-state index is 15.4. The molecule has 0 aliphatic heterocycles. The van der Waals surface area contributed by atoms with Gasteiger partial charge in [0.05, 0.1) is 12.7 Å². The van der Waals surface area contributed by atoms with E-state index in [4.69, 9.17) is 9.47 Å². The van der Waals surface area contributed by atoms with Crippen LogP contribution in [-0.2, 0) is 12.2 Å². The van der Waals surface area contributed by atoms with Crippen LogP contribution in [0.3, 0.4) is 0 Å². The Morgan fingerprint density at radius 1 is 0.903 bits per heavy atom. The molecule has 162 valence electrons. The molecule has 3 aromatic rings. The molecule has 0 radical (unpaired) electrons. The van der Waals surface area contributed by atoms with E-state index in [1.54, 1.807) is 7.11 Å². The Morgan fingerprint density at radius 2 is 1.55 bits per heavy atom.